The minimum Gasteiger partial charge on any atom is -0.508 e. The summed E-state index contributed by atoms with van der Waals surface area (Å²) in [6, 6.07) is 18.0. The number of phenols is 1. The molecule has 3 aromatic carbocycles. The number of carbonyl (C=O) groups is 3. The van der Waals surface area contributed by atoms with Gasteiger partial charge in [0, 0.05) is 18.5 Å². The second kappa shape index (κ2) is 8.82. The van der Waals surface area contributed by atoms with Gasteiger partial charge in [0.2, 0.25) is 11.8 Å². The number of nitrogens with zero attached hydrogens (tertiary/aromatic N) is 2. The minimum atomic E-state index is -1.89. The number of carboxylic acid groups (broad SMARTS) is 1. The lowest BCUT2D eigenvalue weighted by atomic mass is 9.76. The molecule has 0 radical (unpaired) electrons. The van der Waals surface area contributed by atoms with Crippen LogP contribution in [0.25, 0.3) is 0 Å². The van der Waals surface area contributed by atoms with E-state index in [1.54, 1.807) is 55.5 Å². The Hall–Kier alpha value is -4.57. The van der Waals surface area contributed by atoms with E-state index in [0.717, 1.165) is 4.90 Å². The minimum absolute atomic E-state index is 0.0884. The van der Waals surface area contributed by atoms with Crippen molar-refractivity contribution < 1.29 is 29.5 Å². The van der Waals surface area contributed by atoms with Gasteiger partial charge in [0.1, 0.15) is 17.0 Å². The Morgan fingerprint density at radius 2 is 1.78 bits per heavy atom. The number of aryl methyl sites for hydroxylation is 1. The first-order valence-corrected chi connectivity index (χ1v) is 11.6. The number of aromatic hydroxyl groups is 1. The smallest absolute Gasteiger partial charge is 0.325 e. The predicted molar refractivity (Wildman–Crippen MR) is 132 cm³/mol. The predicted octanol–water partition coefficient (Wildman–Crippen LogP) is 3.13. The molecule has 4 atom stereocenters. The molecule has 0 saturated carbocycles. The summed E-state index contributed by atoms with van der Waals surface area (Å²) >= 11 is 0. The Labute approximate surface area is 211 Å². The van der Waals surface area contributed by atoms with Crippen LogP contribution in [0.5, 0.6) is 5.75 Å². The fraction of sp³-hybridized carbons (Fsp3) is 0.222. The number of phenolic OH excluding ortho intramolecular Hbond substituents is 1. The SMILES string of the molecule is Cc1ccc(N2C(=O)[C@H]3[C@@H](C2=O)[C@](Cc2ccccc2)(C(=O)O)N[C@H]3c2cccc(O)c2)c([N+](=O)[O-])c1. The molecular formula is C27H23N3O7. The molecule has 3 aromatic rings. The zero-order valence-corrected chi connectivity index (χ0v) is 19.7. The first-order chi connectivity index (χ1) is 17.6. The summed E-state index contributed by atoms with van der Waals surface area (Å²) in [5.41, 5.74) is -0.886. The van der Waals surface area contributed by atoms with Gasteiger partial charge in [0.25, 0.3) is 5.69 Å². The number of nitrogens with one attached hydrogen (secondary N) is 1. The molecule has 10 nitrogen and oxygen atoms in total. The van der Waals surface area contributed by atoms with Crippen molar-refractivity contribution in [2.24, 2.45) is 11.8 Å². The summed E-state index contributed by atoms with van der Waals surface area (Å²) in [4.78, 5) is 52.6. The van der Waals surface area contributed by atoms with E-state index in [4.69, 9.17) is 0 Å². The number of carbonyl (C=O) groups excluding carboxylic acids is 2. The highest BCUT2D eigenvalue weighted by Gasteiger charge is 2.69. The Morgan fingerprint density at radius 3 is 2.43 bits per heavy atom. The molecule has 0 spiro atoms. The molecule has 5 rings (SSSR count). The van der Waals surface area contributed by atoms with Crippen molar-refractivity contribution in [1.29, 1.82) is 0 Å². The van der Waals surface area contributed by atoms with Crippen molar-refractivity contribution in [2.75, 3.05) is 4.90 Å². The number of carboxylic acids is 1. The maximum atomic E-state index is 13.9. The van der Waals surface area contributed by atoms with Crippen molar-refractivity contribution in [3.8, 4) is 5.75 Å². The van der Waals surface area contributed by atoms with E-state index in [1.807, 2.05) is 0 Å². The molecule has 3 N–H and O–H groups in total. The molecule has 37 heavy (non-hydrogen) atoms. The Kier molecular flexibility index (Phi) is 5.76. The molecule has 2 fully saturated rings. The fourth-order valence-corrected chi connectivity index (χ4v) is 5.57. The van der Waals surface area contributed by atoms with Crippen LogP contribution in [0.1, 0.15) is 22.7 Å². The fourth-order valence-electron chi connectivity index (χ4n) is 5.57. The number of aliphatic carboxylic acids is 1. The third-order valence-electron chi connectivity index (χ3n) is 7.16. The highest BCUT2D eigenvalue weighted by molar-refractivity contribution is 6.25. The molecule has 2 aliphatic heterocycles. The Morgan fingerprint density at radius 1 is 1.05 bits per heavy atom. The van der Waals surface area contributed by atoms with Gasteiger partial charge in [-0.2, -0.15) is 0 Å². The third kappa shape index (κ3) is 3.82. The van der Waals surface area contributed by atoms with Gasteiger partial charge in [-0.1, -0.05) is 48.5 Å². The topological polar surface area (TPSA) is 150 Å². The number of amides is 2. The number of fused-ring (bicyclic) bond motifs is 1. The Balaban J connectivity index is 1.70. The van der Waals surface area contributed by atoms with Crippen LogP contribution >= 0.6 is 0 Å². The number of nitro benzene ring substituents is 1. The molecular weight excluding hydrogens is 478 g/mol. The zero-order chi connectivity index (χ0) is 26.5. The number of nitro groups is 1. The lowest BCUT2D eigenvalue weighted by Crippen LogP contribution is -2.57. The van der Waals surface area contributed by atoms with E-state index in [9.17, 15) is 34.7 Å². The van der Waals surface area contributed by atoms with Gasteiger partial charge in [-0.05, 0) is 41.8 Å². The van der Waals surface area contributed by atoms with Gasteiger partial charge >= 0.3 is 5.97 Å². The van der Waals surface area contributed by atoms with E-state index < -0.39 is 51.8 Å². The molecule has 2 aliphatic rings. The number of imide groups is 1. The number of rotatable bonds is 6. The second-order valence-electron chi connectivity index (χ2n) is 9.42. The van der Waals surface area contributed by atoms with Crippen LogP contribution in [-0.4, -0.2) is 38.5 Å². The summed E-state index contributed by atoms with van der Waals surface area (Å²) in [5, 5.41) is 35.5. The lowest BCUT2D eigenvalue weighted by Gasteiger charge is -2.31. The van der Waals surface area contributed by atoms with Gasteiger partial charge in [-0.15, -0.1) is 0 Å². The summed E-state index contributed by atoms with van der Waals surface area (Å²) in [7, 11) is 0. The maximum Gasteiger partial charge on any atom is 0.325 e. The molecule has 188 valence electrons. The molecule has 2 heterocycles. The molecule has 0 bridgehead atoms. The van der Waals surface area contributed by atoms with E-state index >= 15 is 0 Å². The van der Waals surface area contributed by atoms with Crippen molar-refractivity contribution in [3.05, 3.63) is 99.6 Å². The molecule has 0 aliphatic carbocycles. The van der Waals surface area contributed by atoms with Crippen molar-refractivity contribution >= 4 is 29.2 Å². The van der Waals surface area contributed by atoms with Gasteiger partial charge in [0.05, 0.1) is 16.8 Å². The standard InChI is InChI=1S/C27H23N3O7/c1-15-10-11-19(20(12-15)30(36)37)29-24(32)21-22(25(29)33)27(26(34)35,14-16-6-3-2-4-7-16)28-23(21)17-8-5-9-18(31)13-17/h2-13,21-23,28,31H,14H2,1H3,(H,34,35)/t21-,22-,23-,27+/m0/s1. The Bertz CT molecular complexity index is 1440. The summed E-state index contributed by atoms with van der Waals surface area (Å²) in [6.07, 6.45) is -0.109. The van der Waals surface area contributed by atoms with Gasteiger partial charge in [0.15, 0.2) is 0 Å². The average Bonchev–Trinajstić information content (AvgIpc) is 3.34. The van der Waals surface area contributed by atoms with Gasteiger partial charge in [-0.25, -0.2) is 4.90 Å². The van der Waals surface area contributed by atoms with Crippen molar-refractivity contribution in [1.82, 2.24) is 5.32 Å². The number of anilines is 1. The van der Waals surface area contributed by atoms with Gasteiger partial charge < -0.3 is 10.2 Å². The molecule has 10 heteroatoms. The van der Waals surface area contributed by atoms with Crippen LogP contribution in [0.15, 0.2) is 72.8 Å². The first-order valence-electron chi connectivity index (χ1n) is 11.6. The van der Waals surface area contributed by atoms with E-state index in [-0.39, 0.29) is 17.9 Å². The molecule has 0 aromatic heterocycles. The van der Waals surface area contributed by atoms with Crippen molar-refractivity contribution in [2.45, 2.75) is 24.9 Å². The van der Waals surface area contributed by atoms with Crippen LogP contribution in [0.4, 0.5) is 11.4 Å². The van der Waals surface area contributed by atoms with Crippen LogP contribution < -0.4 is 10.2 Å². The molecule has 2 amide bonds. The summed E-state index contributed by atoms with van der Waals surface area (Å²) in [6.45, 7) is 1.65. The third-order valence-corrected chi connectivity index (χ3v) is 7.16. The average molecular weight is 501 g/mol. The number of hydrogen-bond donors (Lipinski definition) is 3. The van der Waals surface area contributed by atoms with Crippen LogP contribution in [-0.2, 0) is 20.8 Å². The second-order valence-corrected chi connectivity index (χ2v) is 9.42. The van der Waals surface area contributed by atoms with Crippen LogP contribution in [0.3, 0.4) is 0 Å². The summed E-state index contributed by atoms with van der Waals surface area (Å²) in [5.74, 6) is -5.50. The largest absolute Gasteiger partial charge is 0.508 e. The van der Waals surface area contributed by atoms with Crippen LogP contribution in [0.2, 0.25) is 0 Å². The number of benzene rings is 3. The highest BCUT2D eigenvalue weighted by Crippen LogP contribution is 2.52. The molecule has 0 unspecified atom stereocenters. The number of hydrogen-bond acceptors (Lipinski definition) is 7. The quantitative estimate of drug-likeness (QED) is 0.265. The van der Waals surface area contributed by atoms with E-state index in [1.165, 1.54) is 24.3 Å². The van der Waals surface area contributed by atoms with Crippen LogP contribution in [0, 0.1) is 28.9 Å². The summed E-state index contributed by atoms with van der Waals surface area (Å²) < 4.78 is 0. The highest BCUT2D eigenvalue weighted by atomic mass is 16.6. The molecule has 2 saturated heterocycles. The maximum absolute atomic E-state index is 13.9. The normalized spacial score (nSPS) is 24.8. The van der Waals surface area contributed by atoms with E-state index in [2.05, 4.69) is 5.32 Å². The zero-order valence-electron chi connectivity index (χ0n) is 19.7. The van der Waals surface area contributed by atoms with Gasteiger partial charge in [-0.3, -0.25) is 29.8 Å². The van der Waals surface area contributed by atoms with E-state index in [0.29, 0.717) is 16.7 Å². The van der Waals surface area contributed by atoms with Crippen molar-refractivity contribution in [3.63, 3.8) is 0 Å². The lowest BCUT2D eigenvalue weighted by molar-refractivity contribution is -0.384. The monoisotopic (exact) mass is 501 g/mol. The first kappa shape index (κ1) is 24.1.